The Hall–Kier alpha value is -3.21. The zero-order chi connectivity index (χ0) is 23.3. The van der Waals surface area contributed by atoms with Gasteiger partial charge < -0.3 is 15.2 Å². The molecule has 1 heterocycles. The molecule has 0 spiro atoms. The second kappa shape index (κ2) is 9.94. The van der Waals surface area contributed by atoms with Crippen LogP contribution in [0.25, 0.3) is 5.69 Å². The topological polar surface area (TPSA) is 92.3 Å². The van der Waals surface area contributed by atoms with Crippen LogP contribution in [-0.2, 0) is 17.6 Å². The number of primary amides is 1. The highest BCUT2D eigenvalue weighted by molar-refractivity contribution is 8.00. The van der Waals surface area contributed by atoms with Gasteiger partial charge in [-0.3, -0.25) is 9.36 Å². The molecule has 3 aromatic rings. The second-order valence-corrected chi connectivity index (χ2v) is 7.83. The Morgan fingerprint density at radius 3 is 2.44 bits per heavy atom. The molecule has 0 radical (unpaired) electrons. The number of rotatable bonds is 9. The molecule has 0 aliphatic heterocycles. The quantitative estimate of drug-likeness (QED) is 0.475. The number of amides is 1. The van der Waals surface area contributed by atoms with Crippen molar-refractivity contribution in [3.8, 4) is 17.2 Å². The van der Waals surface area contributed by atoms with Crippen molar-refractivity contribution >= 4 is 17.7 Å². The summed E-state index contributed by atoms with van der Waals surface area (Å²) in [6, 6.07) is 11.6. The summed E-state index contributed by atoms with van der Waals surface area (Å²) < 4.78 is 52.1. The van der Waals surface area contributed by atoms with Crippen molar-refractivity contribution in [2.45, 2.75) is 36.5 Å². The van der Waals surface area contributed by atoms with E-state index in [2.05, 4.69) is 10.2 Å². The summed E-state index contributed by atoms with van der Waals surface area (Å²) in [6.45, 7) is 1.71. The molecule has 1 unspecified atom stereocenters. The predicted molar refractivity (Wildman–Crippen MR) is 113 cm³/mol. The van der Waals surface area contributed by atoms with Gasteiger partial charge in [0.05, 0.1) is 23.6 Å². The molecule has 3 rings (SSSR count). The van der Waals surface area contributed by atoms with E-state index in [0.717, 1.165) is 23.9 Å². The summed E-state index contributed by atoms with van der Waals surface area (Å²) >= 11 is 1.04. The monoisotopic (exact) mass is 466 g/mol. The predicted octanol–water partition coefficient (Wildman–Crippen LogP) is 4.23. The molecule has 11 heteroatoms. The van der Waals surface area contributed by atoms with Crippen LogP contribution in [0.2, 0.25) is 0 Å². The largest absolute Gasteiger partial charge is 0.497 e. The van der Waals surface area contributed by atoms with Gasteiger partial charge in [0.2, 0.25) is 5.91 Å². The van der Waals surface area contributed by atoms with E-state index in [-0.39, 0.29) is 23.3 Å². The first-order valence-electron chi connectivity index (χ1n) is 9.57. The Morgan fingerprint density at radius 2 is 1.84 bits per heavy atom. The smallest absolute Gasteiger partial charge is 0.416 e. The van der Waals surface area contributed by atoms with E-state index in [1.54, 1.807) is 38.3 Å². The van der Waals surface area contributed by atoms with Crippen LogP contribution < -0.4 is 15.2 Å². The molecule has 170 valence electrons. The fraction of sp³-hybridized carbons (Fsp3) is 0.286. The third kappa shape index (κ3) is 5.52. The lowest BCUT2D eigenvalue weighted by molar-refractivity contribution is -0.137. The number of thioether (sulfide) groups is 1. The van der Waals surface area contributed by atoms with Crippen molar-refractivity contribution < 1.29 is 27.4 Å². The number of ether oxygens (including phenoxy) is 2. The van der Waals surface area contributed by atoms with Gasteiger partial charge in [0, 0.05) is 0 Å². The number of hydrogen-bond acceptors (Lipinski definition) is 6. The van der Waals surface area contributed by atoms with Crippen LogP contribution in [0.1, 0.15) is 24.7 Å². The van der Waals surface area contributed by atoms with E-state index in [4.69, 9.17) is 15.2 Å². The van der Waals surface area contributed by atoms with E-state index >= 15 is 0 Å². The summed E-state index contributed by atoms with van der Waals surface area (Å²) in [4.78, 5) is 11.7. The van der Waals surface area contributed by atoms with Gasteiger partial charge in [0.15, 0.2) is 11.0 Å². The zero-order valence-corrected chi connectivity index (χ0v) is 18.1. The Morgan fingerprint density at radius 1 is 1.16 bits per heavy atom. The number of carbonyl (C=O) groups excluding carboxylic acids is 1. The van der Waals surface area contributed by atoms with Crippen LogP contribution in [-0.4, -0.2) is 33.0 Å². The number of nitrogens with zero attached hydrogens (tertiary/aromatic N) is 3. The van der Waals surface area contributed by atoms with Crippen molar-refractivity contribution in [3.63, 3.8) is 0 Å². The Bertz CT molecular complexity index is 1070. The molecule has 1 atom stereocenters. The van der Waals surface area contributed by atoms with Crippen LogP contribution >= 0.6 is 11.8 Å². The van der Waals surface area contributed by atoms with E-state index in [0.29, 0.717) is 17.9 Å². The first kappa shape index (κ1) is 23.5. The molecule has 2 N–H and O–H groups in total. The number of nitrogens with two attached hydrogens (primary N) is 1. The number of benzene rings is 2. The molecule has 32 heavy (non-hydrogen) atoms. The number of alkyl halides is 3. The molecule has 0 saturated carbocycles. The average Bonchev–Trinajstić information content (AvgIpc) is 3.18. The van der Waals surface area contributed by atoms with Gasteiger partial charge in [-0.15, -0.1) is 10.2 Å². The van der Waals surface area contributed by atoms with Gasteiger partial charge >= 0.3 is 6.18 Å². The summed E-state index contributed by atoms with van der Waals surface area (Å²) in [5, 5.41) is 7.80. The van der Waals surface area contributed by atoms with Crippen molar-refractivity contribution in [1.82, 2.24) is 14.8 Å². The number of carbonyl (C=O) groups is 1. The fourth-order valence-electron chi connectivity index (χ4n) is 2.84. The molecule has 7 nitrogen and oxygen atoms in total. The minimum absolute atomic E-state index is 0.0660. The SMILES string of the molecule is CCC(Sc1nnc(COc2ccc(OC)cc2)n1-c1cccc(C(F)(F)F)c1)C(N)=O. The molecule has 0 aliphatic carbocycles. The summed E-state index contributed by atoms with van der Waals surface area (Å²) in [5.41, 5.74) is 4.81. The number of methoxy groups -OCH3 is 1. The minimum atomic E-state index is -4.52. The van der Waals surface area contributed by atoms with Crippen LogP contribution in [0, 0.1) is 0 Å². The molecule has 0 bridgehead atoms. The third-order valence-electron chi connectivity index (χ3n) is 4.50. The van der Waals surface area contributed by atoms with Gasteiger partial charge in [-0.05, 0) is 48.9 Å². The van der Waals surface area contributed by atoms with Crippen LogP contribution in [0.3, 0.4) is 0 Å². The molecular formula is C21H21F3N4O3S. The van der Waals surface area contributed by atoms with Gasteiger partial charge in [-0.1, -0.05) is 24.8 Å². The first-order valence-corrected chi connectivity index (χ1v) is 10.5. The highest BCUT2D eigenvalue weighted by Gasteiger charge is 2.31. The zero-order valence-electron chi connectivity index (χ0n) is 17.3. The molecule has 1 aromatic heterocycles. The maximum absolute atomic E-state index is 13.3. The molecule has 1 amide bonds. The van der Waals surface area contributed by atoms with Gasteiger partial charge in [0.1, 0.15) is 18.1 Å². The van der Waals surface area contributed by atoms with E-state index in [1.165, 1.54) is 16.7 Å². The molecule has 2 aromatic carbocycles. The normalized spacial score (nSPS) is 12.4. The Kier molecular flexibility index (Phi) is 7.29. The lowest BCUT2D eigenvalue weighted by atomic mass is 10.2. The van der Waals surface area contributed by atoms with Gasteiger partial charge in [-0.2, -0.15) is 13.2 Å². The van der Waals surface area contributed by atoms with Crippen molar-refractivity contribution in [1.29, 1.82) is 0 Å². The van der Waals surface area contributed by atoms with Gasteiger partial charge in [0.25, 0.3) is 0 Å². The van der Waals surface area contributed by atoms with Gasteiger partial charge in [-0.25, -0.2) is 0 Å². The summed E-state index contributed by atoms with van der Waals surface area (Å²) in [5.74, 6) is 0.886. The highest BCUT2D eigenvalue weighted by atomic mass is 32.2. The second-order valence-electron chi connectivity index (χ2n) is 6.66. The van der Waals surface area contributed by atoms with E-state index < -0.39 is 22.9 Å². The Labute approximate surface area is 186 Å². The standard InChI is InChI=1S/C21H21F3N4O3S/c1-3-17(19(25)29)32-20-27-26-18(12-31-16-9-7-15(30-2)8-10-16)28(20)14-6-4-5-13(11-14)21(22,23)24/h4-11,17H,3,12H2,1-2H3,(H2,25,29). The molecule has 0 saturated heterocycles. The minimum Gasteiger partial charge on any atom is -0.497 e. The maximum Gasteiger partial charge on any atom is 0.416 e. The lowest BCUT2D eigenvalue weighted by Gasteiger charge is -2.15. The van der Waals surface area contributed by atoms with E-state index in [1.807, 2.05) is 0 Å². The highest BCUT2D eigenvalue weighted by Crippen LogP contribution is 2.33. The van der Waals surface area contributed by atoms with Crippen molar-refractivity contribution in [2.24, 2.45) is 5.73 Å². The number of hydrogen-bond donors (Lipinski definition) is 1. The number of halogens is 3. The van der Waals surface area contributed by atoms with Crippen LogP contribution in [0.5, 0.6) is 11.5 Å². The summed E-state index contributed by atoms with van der Waals surface area (Å²) in [7, 11) is 1.54. The van der Waals surface area contributed by atoms with Crippen molar-refractivity contribution in [3.05, 3.63) is 59.9 Å². The van der Waals surface area contributed by atoms with Crippen LogP contribution in [0.15, 0.2) is 53.7 Å². The first-order chi connectivity index (χ1) is 15.2. The lowest BCUT2D eigenvalue weighted by Crippen LogP contribution is -2.25. The molecule has 0 aliphatic rings. The Balaban J connectivity index is 1.97. The average molecular weight is 466 g/mol. The maximum atomic E-state index is 13.3. The third-order valence-corrected chi connectivity index (χ3v) is 5.82. The fourth-order valence-corrected chi connectivity index (χ4v) is 3.78. The number of aromatic nitrogens is 3. The van der Waals surface area contributed by atoms with E-state index in [9.17, 15) is 18.0 Å². The molecule has 0 fully saturated rings. The summed E-state index contributed by atoms with van der Waals surface area (Å²) in [6.07, 6.45) is -4.09. The van der Waals surface area contributed by atoms with Crippen molar-refractivity contribution in [2.75, 3.05) is 7.11 Å². The van der Waals surface area contributed by atoms with Crippen LogP contribution in [0.4, 0.5) is 13.2 Å². The molecular weight excluding hydrogens is 445 g/mol.